The first-order valence-corrected chi connectivity index (χ1v) is 56.5. The largest absolute Gasteiger partial charge is 0.311 e. The molecule has 20 rings (SSSR count). The van der Waals surface area contributed by atoms with Crippen molar-refractivity contribution in [1.29, 1.82) is 0 Å². The normalized spacial score (nSPS) is 14.1. The molecule has 6 heteroatoms. The molecule has 0 spiro atoms. The fourth-order valence-electron chi connectivity index (χ4n) is 25.3. The van der Waals surface area contributed by atoms with E-state index in [2.05, 4.69) is 553 Å². The van der Waals surface area contributed by atoms with Gasteiger partial charge in [0, 0.05) is 68.2 Å². The SMILES string of the molecule is CCC(CC)C(CC)c1ccc2c(c1)B1c3cc(C(CC)C(CC)CC)ccc3N(c3cc(C(C)(C)C)cc(C(C)(C)CCC(C)(C)c4cc(N5c6ccc(-c7cc(-c8ccccc8)cc(-c8ccccc8)c7)cc6B6c7cc(-c8cc(-c9ccccc9)cc(-c9ccccc9)c8)ccc7N(c7cc(C(C)(C)C)cc(C(C)(C)C)c7)c7cccc5c76)cc(C(C)(C)C)c4)c3)c3cccc(c31)N2c1cc(C(C)(C)C)cc(C(C)(C)C)c1. The number of nitrogens with zero attached hydrogens (tertiary/aromatic N) is 4. The van der Waals surface area contributed by atoms with Gasteiger partial charge < -0.3 is 19.6 Å². The summed E-state index contributed by atoms with van der Waals surface area (Å²) in [5, 5.41) is 0. The Kier molecular flexibility index (Phi) is 27.7. The number of hydrogen-bond acceptors (Lipinski definition) is 4. The Bertz CT molecular complexity index is 7560. The number of fused-ring (bicyclic) bond motifs is 8. The lowest BCUT2D eigenvalue weighted by atomic mass is 9.33. The van der Waals surface area contributed by atoms with Crippen molar-refractivity contribution in [1.82, 2.24) is 0 Å². The molecule has 150 heavy (non-hydrogen) atoms. The van der Waals surface area contributed by atoms with E-state index < -0.39 is 0 Å². The smallest absolute Gasteiger partial charge is 0.252 e. The molecule has 0 saturated heterocycles. The molecule has 762 valence electrons. The van der Waals surface area contributed by atoms with E-state index in [1.807, 2.05) is 0 Å². The maximum Gasteiger partial charge on any atom is 0.252 e. The molecule has 16 aromatic carbocycles. The van der Waals surface area contributed by atoms with Crippen molar-refractivity contribution < 1.29 is 0 Å². The first-order valence-electron chi connectivity index (χ1n) is 56.5. The lowest BCUT2D eigenvalue weighted by molar-refractivity contribution is 0.374. The highest BCUT2D eigenvalue weighted by atomic mass is 15.2. The van der Waals surface area contributed by atoms with Crippen LogP contribution in [-0.2, 0) is 43.3 Å². The summed E-state index contributed by atoms with van der Waals surface area (Å²) in [5.74, 6) is 2.02. The molecule has 4 aliphatic rings. The van der Waals surface area contributed by atoms with Crippen molar-refractivity contribution in [2.24, 2.45) is 11.8 Å². The quantitative estimate of drug-likeness (QED) is 0.0529. The lowest BCUT2D eigenvalue weighted by Crippen LogP contribution is -2.61. The van der Waals surface area contributed by atoms with Gasteiger partial charge in [-0.2, -0.15) is 0 Å². The van der Waals surface area contributed by atoms with Crippen molar-refractivity contribution in [2.75, 3.05) is 19.6 Å². The average Bonchev–Trinajstić information content (AvgIpc) is 0.696. The highest BCUT2D eigenvalue weighted by Crippen LogP contribution is 2.55. The van der Waals surface area contributed by atoms with E-state index in [0.29, 0.717) is 23.7 Å². The van der Waals surface area contributed by atoms with Gasteiger partial charge in [-0.1, -0.05) is 426 Å². The van der Waals surface area contributed by atoms with E-state index in [0.717, 1.165) is 51.4 Å². The van der Waals surface area contributed by atoms with Crippen LogP contribution in [0.15, 0.2) is 340 Å². The van der Waals surface area contributed by atoms with E-state index >= 15 is 0 Å². The molecule has 16 aromatic rings. The summed E-state index contributed by atoms with van der Waals surface area (Å²) >= 11 is 0. The first-order chi connectivity index (χ1) is 71.3. The fraction of sp³-hybridized carbons (Fsp3) is 0.333. The molecule has 0 bridgehead atoms. The molecule has 4 nitrogen and oxygen atoms in total. The molecular formula is C144H160B2N4. The Balaban J connectivity index is 0.763. The predicted molar refractivity (Wildman–Crippen MR) is 655 cm³/mol. The summed E-state index contributed by atoms with van der Waals surface area (Å²) in [6, 6.07) is 134. The summed E-state index contributed by atoms with van der Waals surface area (Å²) in [6.07, 6.45) is 8.67. The average molecular weight is 1970 g/mol. The van der Waals surface area contributed by atoms with E-state index in [-0.39, 0.29) is 56.7 Å². The second kappa shape index (κ2) is 39.9. The highest BCUT2D eigenvalue weighted by molar-refractivity contribution is 7.01. The Hall–Kier alpha value is -13.2. The van der Waals surface area contributed by atoms with Crippen molar-refractivity contribution >= 4 is 114 Å². The molecule has 2 atom stereocenters. The van der Waals surface area contributed by atoms with Crippen LogP contribution in [0.2, 0.25) is 0 Å². The summed E-state index contributed by atoms with van der Waals surface area (Å²) in [7, 11) is 0. The van der Waals surface area contributed by atoms with E-state index in [1.165, 1.54) is 223 Å². The summed E-state index contributed by atoms with van der Waals surface area (Å²) in [6.45, 7) is 67.8. The Morgan fingerprint density at radius 2 is 0.407 bits per heavy atom. The van der Waals surface area contributed by atoms with Crippen LogP contribution in [0.3, 0.4) is 0 Å². The molecule has 4 heterocycles. The van der Waals surface area contributed by atoms with Gasteiger partial charge >= 0.3 is 0 Å². The van der Waals surface area contributed by atoms with Gasteiger partial charge in [-0.05, 0) is 381 Å². The van der Waals surface area contributed by atoms with Gasteiger partial charge in [-0.25, -0.2) is 0 Å². The Labute approximate surface area is 901 Å². The fourth-order valence-corrected chi connectivity index (χ4v) is 25.3. The van der Waals surface area contributed by atoms with Gasteiger partial charge in [0.05, 0.1) is 0 Å². The van der Waals surface area contributed by atoms with E-state index in [4.69, 9.17) is 0 Å². The Morgan fingerprint density at radius 1 is 0.187 bits per heavy atom. The zero-order chi connectivity index (χ0) is 106. The third kappa shape index (κ3) is 19.7. The van der Waals surface area contributed by atoms with Crippen LogP contribution < -0.4 is 52.4 Å². The van der Waals surface area contributed by atoms with Gasteiger partial charge in [0.15, 0.2) is 0 Å². The van der Waals surface area contributed by atoms with Crippen LogP contribution in [0, 0.1) is 11.8 Å². The van der Waals surface area contributed by atoms with Crippen LogP contribution in [0.4, 0.5) is 68.2 Å². The third-order valence-electron chi connectivity index (χ3n) is 34.8. The zero-order valence-electron chi connectivity index (χ0n) is 95.2. The minimum absolute atomic E-state index is 0.0257. The van der Waals surface area contributed by atoms with Crippen LogP contribution in [0.5, 0.6) is 0 Å². The van der Waals surface area contributed by atoms with E-state index in [1.54, 1.807) is 0 Å². The van der Waals surface area contributed by atoms with Crippen molar-refractivity contribution in [3.63, 3.8) is 0 Å². The number of rotatable bonds is 25. The van der Waals surface area contributed by atoms with Crippen molar-refractivity contribution in [3.8, 4) is 66.8 Å². The zero-order valence-corrected chi connectivity index (χ0v) is 95.2. The van der Waals surface area contributed by atoms with Crippen LogP contribution in [0.1, 0.15) is 313 Å². The van der Waals surface area contributed by atoms with E-state index in [9.17, 15) is 0 Å². The molecule has 2 unspecified atom stereocenters. The predicted octanol–water partition coefficient (Wildman–Crippen LogP) is 37.5. The van der Waals surface area contributed by atoms with Gasteiger partial charge in [0.1, 0.15) is 0 Å². The molecule has 0 saturated carbocycles. The topological polar surface area (TPSA) is 13.0 Å². The first kappa shape index (κ1) is 104. The molecule has 0 fully saturated rings. The van der Waals surface area contributed by atoms with Crippen LogP contribution in [-0.4, -0.2) is 13.4 Å². The van der Waals surface area contributed by atoms with Crippen molar-refractivity contribution in [2.45, 2.75) is 300 Å². The second-order valence-electron chi connectivity index (χ2n) is 51.9. The third-order valence-corrected chi connectivity index (χ3v) is 34.8. The molecule has 0 radical (unpaired) electrons. The second-order valence-corrected chi connectivity index (χ2v) is 51.9. The number of benzene rings is 16. The molecule has 0 aromatic heterocycles. The maximum absolute atomic E-state index is 2.74. The monoisotopic (exact) mass is 1970 g/mol. The van der Waals surface area contributed by atoms with Crippen LogP contribution in [0.25, 0.3) is 66.8 Å². The standard InChI is InChI=1S/C144H160B2N4/c1-29-93(30-2)121(33-5)101-63-67-129-125(79-101)146-126-80-102(122(34-6)94(31-3)32-4)64-68-130(126)150(134-60-48-58-132(136(134)146)148(129)118-87-111(139(13,14)15)82-112(88-118)140(16,17)18)120-90-114(142(22,23)24)84-116(92-120)144(27,28)70-69-143(25,26)115-83-113(141(19,20)21)89-119(91-115)149-128-66-62-100(108-75-105(97-53-43-37-44-54-97)72-106(76-108)98-55-45-38-46-56-98)78-124(128)145-123-77-99(107-73-103(95-49-39-35-40-50-95)71-104(74-107)96-51-41-36-42-52-96)61-65-127(123)147(131-57-47-59-133(149)135(131)145)117-85-109(137(7,8)9)81-110(86-117)138(10,11)12/h35-68,71-94,121-122H,29-34,69-70H2,1-28H3. The minimum Gasteiger partial charge on any atom is -0.311 e. The van der Waals surface area contributed by atoms with Gasteiger partial charge in [-0.3, -0.25) is 0 Å². The summed E-state index contributed by atoms with van der Waals surface area (Å²) < 4.78 is 0. The van der Waals surface area contributed by atoms with Gasteiger partial charge in [0.25, 0.3) is 13.4 Å². The molecule has 4 aliphatic heterocycles. The molecule has 0 aliphatic carbocycles. The van der Waals surface area contributed by atoms with Crippen molar-refractivity contribution in [3.05, 3.63) is 395 Å². The maximum atomic E-state index is 2.74. The van der Waals surface area contributed by atoms with Crippen LogP contribution >= 0.6 is 0 Å². The summed E-state index contributed by atoms with van der Waals surface area (Å²) in [5.41, 5.74) is 48.9. The minimum atomic E-state index is -0.327. The summed E-state index contributed by atoms with van der Waals surface area (Å²) in [4.78, 5) is 10.8. The molecular weight excluding hydrogens is 1810 g/mol. The lowest BCUT2D eigenvalue weighted by Gasteiger charge is -2.45. The Morgan fingerprint density at radius 3 is 0.640 bits per heavy atom. The molecule has 0 N–H and O–H groups in total. The van der Waals surface area contributed by atoms with Gasteiger partial charge in [0.2, 0.25) is 0 Å². The van der Waals surface area contributed by atoms with Gasteiger partial charge in [-0.15, -0.1) is 0 Å². The number of anilines is 12. The highest BCUT2D eigenvalue weighted by Gasteiger charge is 2.49. The number of hydrogen-bond donors (Lipinski definition) is 0. The molecule has 0 amide bonds.